The van der Waals surface area contributed by atoms with Crippen LogP contribution >= 0.6 is 0 Å². The number of unbranched alkanes of at least 4 members (excludes halogenated alkanes) is 3. The molecule has 8 heteroatoms. The second kappa shape index (κ2) is 12.0. The minimum Gasteiger partial charge on any atom is -0.497 e. The first kappa shape index (κ1) is 25.0. The van der Waals surface area contributed by atoms with Crippen LogP contribution in [0.1, 0.15) is 49.8 Å². The van der Waals surface area contributed by atoms with Crippen LogP contribution in [0.15, 0.2) is 48.0 Å². The van der Waals surface area contributed by atoms with E-state index in [0.29, 0.717) is 40.7 Å². The molecule has 1 aliphatic heterocycles. The number of hydrogen-bond acceptors (Lipinski definition) is 6. The first-order valence-electron chi connectivity index (χ1n) is 11.4. The number of esters is 1. The van der Waals surface area contributed by atoms with Crippen LogP contribution in [-0.2, 0) is 9.53 Å². The zero-order valence-electron chi connectivity index (χ0n) is 20.1. The Morgan fingerprint density at radius 2 is 1.71 bits per heavy atom. The normalized spacial score (nSPS) is 15.3. The molecule has 1 atom stereocenters. The Kier molecular flexibility index (Phi) is 8.79. The van der Waals surface area contributed by atoms with Gasteiger partial charge in [0.15, 0.2) is 11.5 Å². The average molecular weight is 469 g/mol. The summed E-state index contributed by atoms with van der Waals surface area (Å²) in [6.07, 6.45) is 4.41. The third-order valence-corrected chi connectivity index (χ3v) is 5.63. The summed E-state index contributed by atoms with van der Waals surface area (Å²) in [7, 11) is 4.44. The molecule has 1 heterocycles. The lowest BCUT2D eigenvalue weighted by atomic mass is 9.92. The zero-order chi connectivity index (χ0) is 24.5. The van der Waals surface area contributed by atoms with Crippen molar-refractivity contribution in [1.29, 1.82) is 0 Å². The van der Waals surface area contributed by atoms with Crippen molar-refractivity contribution in [3.05, 3.63) is 59.2 Å². The van der Waals surface area contributed by atoms with Gasteiger partial charge in [0.25, 0.3) is 0 Å². The molecule has 8 nitrogen and oxygen atoms in total. The standard InChI is InChI=1S/C26H32N2O6/c1-5-6-7-8-15-34-20-14-11-18(16-21(20)32-3)24-22(25(29)33-4)23(27-26(30)28-24)17-9-12-19(31-2)13-10-17/h9-14,16,24H,5-8,15H2,1-4H3,(H2,27,28,30). The molecular weight excluding hydrogens is 436 g/mol. The molecule has 34 heavy (non-hydrogen) atoms. The van der Waals surface area contributed by atoms with E-state index >= 15 is 0 Å². The molecule has 3 rings (SSSR count). The van der Waals surface area contributed by atoms with Crippen LogP contribution < -0.4 is 24.8 Å². The number of methoxy groups -OCH3 is 3. The van der Waals surface area contributed by atoms with Crippen LogP contribution in [-0.4, -0.2) is 39.9 Å². The molecule has 0 aliphatic carbocycles. The molecule has 0 saturated heterocycles. The lowest BCUT2D eigenvalue weighted by Gasteiger charge is -2.29. The maximum absolute atomic E-state index is 12.9. The highest BCUT2D eigenvalue weighted by atomic mass is 16.5. The van der Waals surface area contributed by atoms with Crippen molar-refractivity contribution in [2.45, 2.75) is 38.6 Å². The van der Waals surface area contributed by atoms with E-state index < -0.39 is 18.0 Å². The number of hydrogen-bond donors (Lipinski definition) is 2. The molecule has 0 spiro atoms. The van der Waals surface area contributed by atoms with E-state index in [4.69, 9.17) is 18.9 Å². The number of ether oxygens (including phenoxy) is 4. The van der Waals surface area contributed by atoms with Gasteiger partial charge >= 0.3 is 12.0 Å². The van der Waals surface area contributed by atoms with Crippen molar-refractivity contribution in [3.63, 3.8) is 0 Å². The van der Waals surface area contributed by atoms with Crippen LogP contribution in [0.2, 0.25) is 0 Å². The van der Waals surface area contributed by atoms with Gasteiger partial charge < -0.3 is 29.6 Å². The van der Waals surface area contributed by atoms with Crippen molar-refractivity contribution < 1.29 is 28.5 Å². The van der Waals surface area contributed by atoms with Crippen LogP contribution in [0.4, 0.5) is 4.79 Å². The molecule has 0 saturated carbocycles. The Balaban J connectivity index is 1.97. The number of nitrogens with one attached hydrogen (secondary N) is 2. The third-order valence-electron chi connectivity index (χ3n) is 5.63. The molecule has 0 bridgehead atoms. The number of urea groups is 1. The van der Waals surface area contributed by atoms with Crippen LogP contribution in [0, 0.1) is 0 Å². The molecular formula is C26H32N2O6. The molecule has 2 amide bonds. The molecule has 0 aromatic heterocycles. The van der Waals surface area contributed by atoms with Gasteiger partial charge in [-0.25, -0.2) is 9.59 Å². The third kappa shape index (κ3) is 5.81. The van der Waals surface area contributed by atoms with E-state index in [1.807, 2.05) is 6.07 Å². The first-order valence-corrected chi connectivity index (χ1v) is 11.4. The Morgan fingerprint density at radius 1 is 0.941 bits per heavy atom. The van der Waals surface area contributed by atoms with Gasteiger partial charge in [0, 0.05) is 0 Å². The highest BCUT2D eigenvalue weighted by Gasteiger charge is 2.34. The van der Waals surface area contributed by atoms with Crippen LogP contribution in [0.25, 0.3) is 5.70 Å². The summed E-state index contributed by atoms with van der Waals surface area (Å²) < 4.78 is 21.7. The van der Waals surface area contributed by atoms with Gasteiger partial charge in [-0.05, 0) is 53.9 Å². The van der Waals surface area contributed by atoms with Gasteiger partial charge in [-0.3, -0.25) is 0 Å². The largest absolute Gasteiger partial charge is 0.497 e. The van der Waals surface area contributed by atoms with Crippen LogP contribution in [0.3, 0.4) is 0 Å². The molecule has 182 valence electrons. The second-order valence-corrected chi connectivity index (χ2v) is 7.86. The second-order valence-electron chi connectivity index (χ2n) is 7.86. The van der Waals surface area contributed by atoms with Crippen LogP contribution in [0.5, 0.6) is 17.2 Å². The lowest BCUT2D eigenvalue weighted by Crippen LogP contribution is -2.45. The molecule has 2 N–H and O–H groups in total. The predicted octanol–water partition coefficient (Wildman–Crippen LogP) is 4.60. The number of carbonyl (C=O) groups is 2. The predicted molar refractivity (Wildman–Crippen MR) is 129 cm³/mol. The van der Waals surface area contributed by atoms with E-state index in [1.165, 1.54) is 13.5 Å². The highest BCUT2D eigenvalue weighted by Crippen LogP contribution is 2.36. The number of benzene rings is 2. The maximum atomic E-state index is 12.9. The summed E-state index contributed by atoms with van der Waals surface area (Å²) >= 11 is 0. The number of amides is 2. The van der Waals surface area contributed by atoms with Crippen molar-refractivity contribution in [2.75, 3.05) is 27.9 Å². The number of carbonyl (C=O) groups excluding carboxylic acids is 2. The highest BCUT2D eigenvalue weighted by molar-refractivity contribution is 6.04. The molecule has 0 fully saturated rings. The fourth-order valence-corrected chi connectivity index (χ4v) is 3.82. The van der Waals surface area contributed by atoms with E-state index in [-0.39, 0.29) is 5.57 Å². The minimum absolute atomic E-state index is 0.280. The van der Waals surface area contributed by atoms with Gasteiger partial charge in [0.1, 0.15) is 5.75 Å². The van der Waals surface area contributed by atoms with Gasteiger partial charge in [-0.2, -0.15) is 0 Å². The quantitative estimate of drug-likeness (QED) is 0.370. The summed E-state index contributed by atoms with van der Waals surface area (Å²) in [6.45, 7) is 2.76. The topological polar surface area (TPSA) is 95.1 Å². The minimum atomic E-state index is -0.745. The first-order chi connectivity index (χ1) is 16.5. The van der Waals surface area contributed by atoms with Gasteiger partial charge in [0.2, 0.25) is 0 Å². The van der Waals surface area contributed by atoms with E-state index in [0.717, 1.165) is 19.3 Å². The van der Waals surface area contributed by atoms with Crippen molar-refractivity contribution in [1.82, 2.24) is 10.6 Å². The molecule has 1 unspecified atom stereocenters. The van der Waals surface area contributed by atoms with Crippen molar-refractivity contribution >= 4 is 17.7 Å². The van der Waals surface area contributed by atoms with E-state index in [2.05, 4.69) is 17.6 Å². The monoisotopic (exact) mass is 468 g/mol. The van der Waals surface area contributed by atoms with E-state index in [1.54, 1.807) is 50.6 Å². The van der Waals surface area contributed by atoms with Gasteiger partial charge in [-0.1, -0.05) is 32.3 Å². The average Bonchev–Trinajstić information content (AvgIpc) is 2.87. The summed E-state index contributed by atoms with van der Waals surface area (Å²) in [5.41, 5.74) is 1.97. The Bertz CT molecular complexity index is 1030. The molecule has 2 aromatic rings. The summed E-state index contributed by atoms with van der Waals surface area (Å²) in [5, 5.41) is 5.58. The fourth-order valence-electron chi connectivity index (χ4n) is 3.82. The Hall–Kier alpha value is -3.68. The van der Waals surface area contributed by atoms with Crippen molar-refractivity contribution in [3.8, 4) is 17.2 Å². The lowest BCUT2D eigenvalue weighted by molar-refractivity contribution is -0.136. The Labute approximate surface area is 200 Å². The zero-order valence-corrected chi connectivity index (χ0v) is 20.1. The molecule has 2 aromatic carbocycles. The summed E-state index contributed by atoms with van der Waals surface area (Å²) in [5.74, 6) is 1.24. The van der Waals surface area contributed by atoms with E-state index in [9.17, 15) is 9.59 Å². The SMILES string of the molecule is CCCCCCOc1ccc(C2NC(=O)NC(c3ccc(OC)cc3)=C2C(=O)OC)cc1OC. The van der Waals surface area contributed by atoms with Gasteiger partial charge in [0.05, 0.1) is 45.2 Å². The molecule has 0 radical (unpaired) electrons. The fraction of sp³-hybridized carbons (Fsp3) is 0.385. The summed E-state index contributed by atoms with van der Waals surface area (Å²) in [6, 6.07) is 11.3. The molecule has 1 aliphatic rings. The van der Waals surface area contributed by atoms with Gasteiger partial charge in [-0.15, -0.1) is 0 Å². The Morgan fingerprint density at radius 3 is 2.35 bits per heavy atom. The number of rotatable bonds is 11. The van der Waals surface area contributed by atoms with Crippen molar-refractivity contribution in [2.24, 2.45) is 0 Å². The smallest absolute Gasteiger partial charge is 0.338 e. The summed E-state index contributed by atoms with van der Waals surface area (Å²) in [4.78, 5) is 25.4. The maximum Gasteiger partial charge on any atom is 0.338 e.